The quantitative estimate of drug-likeness (QED) is 0.535. The van der Waals surface area contributed by atoms with Crippen molar-refractivity contribution in [3.05, 3.63) is 30.3 Å². The zero-order valence-corrected chi connectivity index (χ0v) is 11.5. The molecule has 94 valence electrons. The summed E-state index contributed by atoms with van der Waals surface area (Å²) in [5, 5.41) is 0. The summed E-state index contributed by atoms with van der Waals surface area (Å²) in [5.41, 5.74) is 2.39. The van der Waals surface area contributed by atoms with Crippen molar-refractivity contribution in [2.24, 2.45) is 4.99 Å². The van der Waals surface area contributed by atoms with Crippen molar-refractivity contribution < 1.29 is 0 Å². The van der Waals surface area contributed by atoms with Crippen molar-refractivity contribution >= 4 is 23.0 Å². The Morgan fingerprint density at radius 3 is 2.47 bits per heavy atom. The molecule has 1 aromatic carbocycles. The molecule has 0 radical (unpaired) electrons. The lowest BCUT2D eigenvalue weighted by Gasteiger charge is -2.23. The number of halogens is 1. The topological polar surface area (TPSA) is 15.6 Å². The molecule has 0 heterocycles. The van der Waals surface area contributed by atoms with E-state index in [9.17, 15) is 0 Å². The second-order valence-electron chi connectivity index (χ2n) is 4.19. The van der Waals surface area contributed by atoms with Crippen LogP contribution < -0.4 is 4.90 Å². The molecule has 0 N–H and O–H groups in total. The van der Waals surface area contributed by atoms with E-state index in [0.717, 1.165) is 31.8 Å². The molecule has 0 atom stereocenters. The Hall–Kier alpha value is -1.02. The van der Waals surface area contributed by atoms with E-state index in [1.54, 1.807) is 0 Å². The number of rotatable bonds is 7. The zero-order valence-electron chi connectivity index (χ0n) is 10.7. The predicted molar refractivity (Wildman–Crippen MR) is 77.6 cm³/mol. The molecule has 0 aromatic heterocycles. The van der Waals surface area contributed by atoms with Crippen LogP contribution in [0.15, 0.2) is 35.3 Å². The fourth-order valence-corrected chi connectivity index (χ4v) is 1.77. The van der Waals surface area contributed by atoms with E-state index in [1.807, 2.05) is 19.9 Å². The predicted octanol–water partition coefficient (Wildman–Crippen LogP) is 3.60. The minimum Gasteiger partial charge on any atom is -0.370 e. The maximum Gasteiger partial charge on any atom is 0.0564 e. The highest BCUT2D eigenvalue weighted by atomic mass is 35.5. The van der Waals surface area contributed by atoms with Crippen molar-refractivity contribution in [1.29, 1.82) is 0 Å². The minimum absolute atomic E-state index is 0.708. The maximum absolute atomic E-state index is 5.76. The first-order chi connectivity index (χ1) is 8.24. The van der Waals surface area contributed by atoms with Crippen LogP contribution in [-0.4, -0.2) is 31.2 Å². The monoisotopic (exact) mass is 252 g/mol. The molecule has 0 spiro atoms. The van der Waals surface area contributed by atoms with Gasteiger partial charge in [0.15, 0.2) is 0 Å². The summed E-state index contributed by atoms with van der Waals surface area (Å²) < 4.78 is 0. The van der Waals surface area contributed by atoms with Gasteiger partial charge in [0, 0.05) is 30.4 Å². The van der Waals surface area contributed by atoms with Crippen molar-refractivity contribution in [3.63, 3.8) is 0 Å². The third kappa shape index (κ3) is 5.73. The van der Waals surface area contributed by atoms with Crippen molar-refractivity contribution in [2.45, 2.75) is 20.3 Å². The van der Waals surface area contributed by atoms with E-state index in [2.05, 4.69) is 34.2 Å². The second kappa shape index (κ2) is 8.13. The highest BCUT2D eigenvalue weighted by Gasteiger charge is 2.04. The van der Waals surface area contributed by atoms with Crippen LogP contribution in [0.25, 0.3) is 0 Å². The van der Waals surface area contributed by atoms with E-state index in [-0.39, 0.29) is 0 Å². The van der Waals surface area contributed by atoms with Gasteiger partial charge in [0.1, 0.15) is 0 Å². The Balaban J connectivity index is 2.57. The van der Waals surface area contributed by atoms with Crippen LogP contribution in [0.4, 0.5) is 5.69 Å². The Kier molecular flexibility index (Phi) is 6.71. The molecule has 0 aliphatic heterocycles. The van der Waals surface area contributed by atoms with Gasteiger partial charge in [-0.3, -0.25) is 4.99 Å². The number of aliphatic imine (C=N–C) groups is 1. The van der Waals surface area contributed by atoms with Crippen LogP contribution in [-0.2, 0) is 0 Å². The van der Waals surface area contributed by atoms with Gasteiger partial charge in [0.25, 0.3) is 0 Å². The fraction of sp³-hybridized carbons (Fsp3) is 0.500. The summed E-state index contributed by atoms with van der Waals surface area (Å²) in [6.45, 7) is 6.86. The third-order valence-electron chi connectivity index (χ3n) is 2.48. The number of para-hydroxylation sites is 1. The molecule has 0 aliphatic rings. The normalized spacial score (nSPS) is 10.1. The molecule has 0 aliphatic carbocycles. The van der Waals surface area contributed by atoms with Gasteiger partial charge in [-0.25, -0.2) is 0 Å². The number of alkyl halides is 1. The van der Waals surface area contributed by atoms with Gasteiger partial charge >= 0.3 is 0 Å². The number of hydrogen-bond acceptors (Lipinski definition) is 2. The van der Waals surface area contributed by atoms with E-state index in [0.29, 0.717) is 5.88 Å². The first-order valence-electron chi connectivity index (χ1n) is 6.07. The largest absolute Gasteiger partial charge is 0.370 e. The van der Waals surface area contributed by atoms with E-state index >= 15 is 0 Å². The minimum atomic E-state index is 0.708. The Bertz CT molecular complexity index is 331. The standard InChI is InChI=1S/C14H21ClN2/c1-13(2)16-10-12-17(11-6-9-15)14-7-4-3-5-8-14/h3-5,7-8H,6,9-12H2,1-2H3. The first-order valence-corrected chi connectivity index (χ1v) is 6.61. The van der Waals surface area contributed by atoms with Gasteiger partial charge in [-0.15, -0.1) is 11.6 Å². The molecular formula is C14H21ClN2. The highest BCUT2D eigenvalue weighted by Crippen LogP contribution is 2.13. The van der Waals surface area contributed by atoms with Gasteiger partial charge in [-0.1, -0.05) is 18.2 Å². The molecule has 17 heavy (non-hydrogen) atoms. The van der Waals surface area contributed by atoms with Crippen molar-refractivity contribution in [3.8, 4) is 0 Å². The SMILES string of the molecule is CC(C)=NCCN(CCCCl)c1ccccc1. The molecular weight excluding hydrogens is 232 g/mol. The zero-order chi connectivity index (χ0) is 12.5. The van der Waals surface area contributed by atoms with E-state index in [1.165, 1.54) is 5.69 Å². The van der Waals surface area contributed by atoms with Crippen molar-refractivity contribution in [1.82, 2.24) is 0 Å². The lowest BCUT2D eigenvalue weighted by molar-refractivity contribution is 0.765. The fourth-order valence-electron chi connectivity index (χ4n) is 1.65. The molecule has 1 rings (SSSR count). The summed E-state index contributed by atoms with van der Waals surface area (Å²) in [5.74, 6) is 0.708. The lowest BCUT2D eigenvalue weighted by atomic mass is 10.2. The summed E-state index contributed by atoms with van der Waals surface area (Å²) in [7, 11) is 0. The van der Waals surface area contributed by atoms with Crippen LogP contribution in [0.1, 0.15) is 20.3 Å². The number of anilines is 1. The average molecular weight is 253 g/mol. The number of benzene rings is 1. The summed E-state index contributed by atoms with van der Waals surface area (Å²) >= 11 is 5.76. The molecule has 0 saturated carbocycles. The highest BCUT2D eigenvalue weighted by molar-refractivity contribution is 6.17. The summed E-state index contributed by atoms with van der Waals surface area (Å²) in [6, 6.07) is 10.4. The maximum atomic E-state index is 5.76. The molecule has 0 amide bonds. The molecule has 0 fully saturated rings. The van der Waals surface area contributed by atoms with Gasteiger partial charge < -0.3 is 4.90 Å². The van der Waals surface area contributed by atoms with E-state index in [4.69, 9.17) is 11.6 Å². The lowest BCUT2D eigenvalue weighted by Crippen LogP contribution is -2.27. The van der Waals surface area contributed by atoms with Gasteiger partial charge in [-0.2, -0.15) is 0 Å². The van der Waals surface area contributed by atoms with Crippen LogP contribution >= 0.6 is 11.6 Å². The van der Waals surface area contributed by atoms with Crippen LogP contribution in [0.5, 0.6) is 0 Å². The van der Waals surface area contributed by atoms with Crippen LogP contribution in [0.2, 0.25) is 0 Å². The smallest absolute Gasteiger partial charge is 0.0564 e. The Morgan fingerprint density at radius 1 is 1.18 bits per heavy atom. The van der Waals surface area contributed by atoms with Crippen molar-refractivity contribution in [2.75, 3.05) is 30.4 Å². The number of hydrogen-bond donors (Lipinski definition) is 0. The molecule has 0 saturated heterocycles. The Morgan fingerprint density at radius 2 is 1.88 bits per heavy atom. The molecule has 1 aromatic rings. The van der Waals surface area contributed by atoms with Gasteiger partial charge in [-0.05, 0) is 32.4 Å². The van der Waals surface area contributed by atoms with Crippen LogP contribution in [0.3, 0.4) is 0 Å². The Labute approximate surface area is 109 Å². The molecule has 2 nitrogen and oxygen atoms in total. The average Bonchev–Trinajstić information content (AvgIpc) is 2.34. The second-order valence-corrected chi connectivity index (χ2v) is 4.57. The first kappa shape index (κ1) is 14.0. The molecule has 3 heteroatoms. The van der Waals surface area contributed by atoms with E-state index < -0.39 is 0 Å². The van der Waals surface area contributed by atoms with Gasteiger partial charge in [0.05, 0.1) is 6.54 Å². The third-order valence-corrected chi connectivity index (χ3v) is 2.75. The molecule has 0 unspecified atom stereocenters. The summed E-state index contributed by atoms with van der Waals surface area (Å²) in [4.78, 5) is 6.78. The van der Waals surface area contributed by atoms with Gasteiger partial charge in [0.2, 0.25) is 0 Å². The number of nitrogens with zero attached hydrogens (tertiary/aromatic N) is 2. The molecule has 0 bridgehead atoms. The summed E-state index contributed by atoms with van der Waals surface area (Å²) in [6.07, 6.45) is 1.01. The van der Waals surface area contributed by atoms with Crippen LogP contribution in [0, 0.1) is 0 Å².